The van der Waals surface area contributed by atoms with Crippen LogP contribution in [-0.4, -0.2) is 35.9 Å². The second kappa shape index (κ2) is 18.0. The molecule has 1 aliphatic heterocycles. The molecule has 2 aromatic carbocycles. The zero-order valence-corrected chi connectivity index (χ0v) is 27.8. The summed E-state index contributed by atoms with van der Waals surface area (Å²) in [4.78, 5) is 39.8. The van der Waals surface area contributed by atoms with Crippen molar-refractivity contribution in [2.45, 2.75) is 116 Å². The van der Waals surface area contributed by atoms with E-state index in [-0.39, 0.29) is 11.8 Å². The number of carbonyl (C=O) groups excluding carboxylic acids is 2. The molecule has 1 atom stereocenters. The van der Waals surface area contributed by atoms with Gasteiger partial charge in [-0.2, -0.15) is 0 Å². The van der Waals surface area contributed by atoms with E-state index < -0.39 is 11.7 Å². The highest BCUT2D eigenvalue weighted by molar-refractivity contribution is 6.34. The highest BCUT2D eigenvalue weighted by atomic mass is 35.5. The van der Waals surface area contributed by atoms with Crippen LogP contribution in [0.3, 0.4) is 0 Å². The average Bonchev–Trinajstić information content (AvgIpc) is 3.03. The minimum atomic E-state index is -0.650. The van der Waals surface area contributed by atoms with Gasteiger partial charge in [-0.25, -0.2) is 4.79 Å². The second-order valence-corrected chi connectivity index (χ2v) is 12.7. The van der Waals surface area contributed by atoms with Gasteiger partial charge in [-0.1, -0.05) is 88.8 Å². The van der Waals surface area contributed by atoms with Crippen LogP contribution < -0.4 is 15.7 Å². The van der Waals surface area contributed by atoms with E-state index in [4.69, 9.17) is 20.8 Å². The summed E-state index contributed by atoms with van der Waals surface area (Å²) in [7, 11) is 0. The zero-order valence-electron chi connectivity index (χ0n) is 27.0. The Kier molecular flexibility index (Phi) is 13.8. The summed E-state index contributed by atoms with van der Waals surface area (Å²) in [6.07, 6.45) is 16.7. The van der Waals surface area contributed by atoms with Gasteiger partial charge in [0, 0.05) is 53.8 Å². The molecule has 0 bridgehead atoms. The fourth-order valence-electron chi connectivity index (χ4n) is 6.05. The molecule has 2 amide bonds. The van der Waals surface area contributed by atoms with Gasteiger partial charge in [0.05, 0.1) is 5.02 Å². The summed E-state index contributed by atoms with van der Waals surface area (Å²) in [6.45, 7) is 5.50. The molecule has 1 saturated heterocycles. The predicted molar refractivity (Wildman–Crippen MR) is 183 cm³/mol. The van der Waals surface area contributed by atoms with Crippen LogP contribution >= 0.6 is 11.6 Å². The molecular formula is C37H49ClN2O5. The molecule has 1 aliphatic rings. The number of fused-ring (bicyclic) bond motifs is 1. The first-order valence-corrected chi connectivity index (χ1v) is 17.4. The van der Waals surface area contributed by atoms with Crippen LogP contribution in [0.5, 0.6) is 5.75 Å². The molecule has 1 aromatic heterocycles. The van der Waals surface area contributed by atoms with Gasteiger partial charge in [0.1, 0.15) is 11.3 Å². The maximum absolute atomic E-state index is 12.8. The van der Waals surface area contributed by atoms with E-state index in [9.17, 15) is 14.4 Å². The van der Waals surface area contributed by atoms with Crippen molar-refractivity contribution in [2.75, 3.05) is 18.4 Å². The van der Waals surface area contributed by atoms with Gasteiger partial charge in [0.2, 0.25) is 5.91 Å². The molecule has 0 aliphatic carbocycles. The van der Waals surface area contributed by atoms with E-state index in [1.807, 2.05) is 4.90 Å². The molecular weight excluding hydrogens is 588 g/mol. The molecule has 1 N–H and O–H groups in total. The lowest BCUT2D eigenvalue weighted by Gasteiger charge is -2.29. The van der Waals surface area contributed by atoms with Crippen molar-refractivity contribution < 1.29 is 18.7 Å². The third-order valence-corrected chi connectivity index (χ3v) is 8.91. The number of unbranched alkanes of at least 4 members (excludes halogenated alkanes) is 10. The number of amides is 2. The zero-order chi connectivity index (χ0) is 32.0. The molecule has 0 unspecified atom stereocenters. The van der Waals surface area contributed by atoms with E-state index >= 15 is 0 Å². The Bertz CT molecular complexity index is 1460. The van der Waals surface area contributed by atoms with Crippen LogP contribution in [-0.2, 0) is 9.59 Å². The number of anilines is 1. The van der Waals surface area contributed by atoms with E-state index in [2.05, 4.69) is 12.2 Å². The standard InChI is InChI=1S/C37H49ClN2O5/c1-3-4-5-6-7-8-9-10-11-12-14-17-35(41)39-28-18-20-30(33(38)24-28)32-26-36(42)45-34-25-29(19-21-31(32)34)44-27(2)37(43)40-22-15-13-16-23-40/h18-21,24-27H,3-17,22-23H2,1-2H3,(H,39,41)/t27-/m1/s1. The van der Waals surface area contributed by atoms with Crippen LogP contribution in [0.1, 0.15) is 110 Å². The third kappa shape index (κ3) is 10.6. The van der Waals surface area contributed by atoms with E-state index in [0.717, 1.165) is 45.2 Å². The SMILES string of the molecule is CCCCCCCCCCCCCC(=O)Nc1ccc(-c2cc(=O)oc3cc(O[C@H](C)C(=O)N4CCCCC4)ccc23)c(Cl)c1. The Morgan fingerprint density at radius 3 is 2.20 bits per heavy atom. The summed E-state index contributed by atoms with van der Waals surface area (Å²) in [6, 6.07) is 11.9. The van der Waals surface area contributed by atoms with Crippen LogP contribution in [0.15, 0.2) is 51.7 Å². The van der Waals surface area contributed by atoms with Gasteiger partial charge < -0.3 is 19.4 Å². The fraction of sp³-hybridized carbons (Fsp3) is 0.541. The largest absolute Gasteiger partial charge is 0.481 e. The van der Waals surface area contributed by atoms with Crippen molar-refractivity contribution in [3.63, 3.8) is 0 Å². The van der Waals surface area contributed by atoms with Gasteiger partial charge in [-0.15, -0.1) is 0 Å². The molecule has 4 rings (SSSR count). The van der Waals surface area contributed by atoms with Crippen LogP contribution in [0.2, 0.25) is 5.02 Å². The fourth-order valence-corrected chi connectivity index (χ4v) is 6.33. The highest BCUT2D eigenvalue weighted by Gasteiger charge is 2.24. The van der Waals surface area contributed by atoms with Crippen molar-refractivity contribution in [2.24, 2.45) is 0 Å². The molecule has 2 heterocycles. The van der Waals surface area contributed by atoms with Gasteiger partial charge in [-0.3, -0.25) is 9.59 Å². The number of piperidine rings is 1. The lowest BCUT2D eigenvalue weighted by molar-refractivity contribution is -0.138. The Labute approximate surface area is 272 Å². The number of halogens is 1. The molecule has 1 fully saturated rings. The molecule has 7 nitrogen and oxygen atoms in total. The van der Waals surface area contributed by atoms with Gasteiger partial charge >= 0.3 is 5.63 Å². The maximum atomic E-state index is 12.8. The van der Waals surface area contributed by atoms with Gasteiger partial charge in [0.25, 0.3) is 5.91 Å². The maximum Gasteiger partial charge on any atom is 0.336 e. The Hall–Kier alpha value is -3.32. The van der Waals surface area contributed by atoms with Gasteiger partial charge in [-0.05, 0) is 56.9 Å². The number of hydrogen-bond donors (Lipinski definition) is 1. The van der Waals surface area contributed by atoms with Crippen molar-refractivity contribution in [1.82, 2.24) is 4.90 Å². The molecule has 0 saturated carbocycles. The molecule has 0 spiro atoms. The number of nitrogens with zero attached hydrogens (tertiary/aromatic N) is 1. The van der Waals surface area contributed by atoms with E-state index in [1.54, 1.807) is 43.3 Å². The van der Waals surface area contributed by atoms with Crippen molar-refractivity contribution >= 4 is 40.1 Å². The van der Waals surface area contributed by atoms with Crippen LogP contribution in [0.4, 0.5) is 5.69 Å². The summed E-state index contributed by atoms with van der Waals surface area (Å²) in [5, 5.41) is 4.05. The Morgan fingerprint density at radius 2 is 1.53 bits per heavy atom. The molecule has 45 heavy (non-hydrogen) atoms. The molecule has 8 heteroatoms. The highest BCUT2D eigenvalue weighted by Crippen LogP contribution is 2.35. The van der Waals surface area contributed by atoms with Crippen LogP contribution in [0, 0.1) is 0 Å². The normalized spacial score (nSPS) is 14.0. The summed E-state index contributed by atoms with van der Waals surface area (Å²) >= 11 is 6.68. The van der Waals surface area contributed by atoms with Gasteiger partial charge in [0.15, 0.2) is 6.10 Å². The first-order chi connectivity index (χ1) is 21.9. The van der Waals surface area contributed by atoms with Crippen LogP contribution in [0.25, 0.3) is 22.1 Å². The molecule has 244 valence electrons. The quantitative estimate of drug-likeness (QED) is 0.118. The van der Waals surface area contributed by atoms with Crippen molar-refractivity contribution in [1.29, 1.82) is 0 Å². The lowest BCUT2D eigenvalue weighted by atomic mass is 10.0. The molecule has 3 aromatic rings. The van der Waals surface area contributed by atoms with Crippen molar-refractivity contribution in [3.05, 3.63) is 57.9 Å². The van der Waals surface area contributed by atoms with E-state index in [1.165, 1.54) is 63.9 Å². The third-order valence-electron chi connectivity index (χ3n) is 8.59. The van der Waals surface area contributed by atoms with Crippen molar-refractivity contribution in [3.8, 4) is 16.9 Å². The number of nitrogens with one attached hydrogen (secondary N) is 1. The number of ether oxygens (including phenoxy) is 1. The summed E-state index contributed by atoms with van der Waals surface area (Å²) in [5.41, 5.74) is 1.71. The number of rotatable bonds is 17. The average molecular weight is 637 g/mol. The Morgan fingerprint density at radius 1 is 0.867 bits per heavy atom. The Balaban J connectivity index is 1.30. The summed E-state index contributed by atoms with van der Waals surface area (Å²) < 4.78 is 11.5. The number of hydrogen-bond acceptors (Lipinski definition) is 5. The smallest absolute Gasteiger partial charge is 0.336 e. The lowest BCUT2D eigenvalue weighted by Crippen LogP contribution is -2.43. The second-order valence-electron chi connectivity index (χ2n) is 12.3. The summed E-state index contributed by atoms with van der Waals surface area (Å²) in [5.74, 6) is 0.381. The number of carbonyl (C=O) groups is 2. The number of benzene rings is 2. The predicted octanol–water partition coefficient (Wildman–Crippen LogP) is 9.53. The topological polar surface area (TPSA) is 88.9 Å². The minimum Gasteiger partial charge on any atom is -0.481 e. The first-order valence-electron chi connectivity index (χ1n) is 17.0. The number of likely N-dealkylation sites (tertiary alicyclic amines) is 1. The molecule has 0 radical (unpaired) electrons. The monoisotopic (exact) mass is 636 g/mol. The minimum absolute atomic E-state index is 0.0268. The van der Waals surface area contributed by atoms with E-state index in [0.29, 0.717) is 45.0 Å². The first kappa shape index (κ1) is 34.6.